The molecule has 0 aromatic carbocycles. The molecule has 1 aromatic rings. The standard InChI is InChI=1S/C13H19BrN2O/c1-10-6-4-3-5-7-16(10)13(17)12-8-11(14)9-15(12)2/h8-10H,3-7H2,1-2H3. The average molecular weight is 299 g/mol. The van der Waals surface area contributed by atoms with Crippen LogP contribution < -0.4 is 0 Å². The summed E-state index contributed by atoms with van der Waals surface area (Å²) in [6.07, 6.45) is 6.65. The quantitative estimate of drug-likeness (QED) is 0.782. The van der Waals surface area contributed by atoms with Crippen LogP contribution in [0.3, 0.4) is 0 Å². The molecular weight excluding hydrogens is 280 g/mol. The summed E-state index contributed by atoms with van der Waals surface area (Å²) in [7, 11) is 1.92. The maximum Gasteiger partial charge on any atom is 0.270 e. The molecule has 0 saturated carbocycles. The number of hydrogen-bond donors (Lipinski definition) is 0. The second-order valence-corrected chi connectivity index (χ2v) is 5.77. The van der Waals surface area contributed by atoms with Crippen LogP contribution in [0.25, 0.3) is 0 Å². The number of rotatable bonds is 1. The molecule has 1 aliphatic heterocycles. The topological polar surface area (TPSA) is 25.2 Å². The van der Waals surface area contributed by atoms with E-state index in [2.05, 4.69) is 22.9 Å². The van der Waals surface area contributed by atoms with Crippen LogP contribution in [0.15, 0.2) is 16.7 Å². The zero-order valence-electron chi connectivity index (χ0n) is 10.4. The van der Waals surface area contributed by atoms with Gasteiger partial charge in [-0.3, -0.25) is 4.79 Å². The van der Waals surface area contributed by atoms with Crippen LogP contribution in [0.4, 0.5) is 0 Å². The van der Waals surface area contributed by atoms with Gasteiger partial charge in [0.15, 0.2) is 0 Å². The van der Waals surface area contributed by atoms with Gasteiger partial charge in [0.05, 0.1) is 0 Å². The van der Waals surface area contributed by atoms with Crippen LogP contribution in [0, 0.1) is 0 Å². The van der Waals surface area contributed by atoms with Crippen molar-refractivity contribution in [2.75, 3.05) is 6.54 Å². The van der Waals surface area contributed by atoms with Gasteiger partial charge in [-0.2, -0.15) is 0 Å². The first-order valence-corrected chi connectivity index (χ1v) is 7.01. The van der Waals surface area contributed by atoms with Crippen molar-refractivity contribution in [3.63, 3.8) is 0 Å². The average Bonchev–Trinajstić information content (AvgIpc) is 2.49. The Kier molecular flexibility index (Phi) is 3.92. The van der Waals surface area contributed by atoms with Gasteiger partial charge in [-0.1, -0.05) is 12.8 Å². The fraction of sp³-hybridized carbons (Fsp3) is 0.615. The molecule has 1 fully saturated rings. The van der Waals surface area contributed by atoms with Crippen molar-refractivity contribution >= 4 is 21.8 Å². The van der Waals surface area contributed by atoms with Crippen LogP contribution in [-0.2, 0) is 7.05 Å². The van der Waals surface area contributed by atoms with Gasteiger partial charge in [0.2, 0.25) is 0 Å². The van der Waals surface area contributed by atoms with Crippen LogP contribution in [0.1, 0.15) is 43.1 Å². The zero-order valence-corrected chi connectivity index (χ0v) is 12.0. The first-order chi connectivity index (χ1) is 8.09. The van der Waals surface area contributed by atoms with Gasteiger partial charge >= 0.3 is 0 Å². The molecule has 1 aliphatic rings. The normalized spacial score (nSPS) is 21.4. The number of hydrogen-bond acceptors (Lipinski definition) is 1. The van der Waals surface area contributed by atoms with Crippen molar-refractivity contribution in [1.82, 2.24) is 9.47 Å². The summed E-state index contributed by atoms with van der Waals surface area (Å²) in [4.78, 5) is 14.5. The molecule has 2 heterocycles. The molecule has 1 amide bonds. The summed E-state index contributed by atoms with van der Waals surface area (Å²) < 4.78 is 2.86. The lowest BCUT2D eigenvalue weighted by Crippen LogP contribution is -2.39. The van der Waals surface area contributed by atoms with Crippen molar-refractivity contribution in [1.29, 1.82) is 0 Å². The lowest BCUT2D eigenvalue weighted by atomic mass is 10.1. The summed E-state index contributed by atoms with van der Waals surface area (Å²) in [5, 5.41) is 0. The largest absolute Gasteiger partial charge is 0.345 e. The number of carbonyl (C=O) groups is 1. The molecular formula is C13H19BrN2O. The van der Waals surface area contributed by atoms with E-state index in [0.717, 1.165) is 29.6 Å². The third-order valence-corrected chi connectivity index (χ3v) is 3.94. The van der Waals surface area contributed by atoms with E-state index in [1.165, 1.54) is 12.8 Å². The van der Waals surface area contributed by atoms with Gasteiger partial charge in [-0.05, 0) is 41.8 Å². The zero-order chi connectivity index (χ0) is 12.4. The van der Waals surface area contributed by atoms with E-state index >= 15 is 0 Å². The Hall–Kier alpha value is -0.770. The third kappa shape index (κ3) is 2.73. The molecule has 1 aromatic heterocycles. The minimum Gasteiger partial charge on any atom is -0.345 e. The molecule has 0 aliphatic carbocycles. The maximum atomic E-state index is 12.5. The number of nitrogens with zero attached hydrogens (tertiary/aromatic N) is 2. The molecule has 0 bridgehead atoms. The third-order valence-electron chi connectivity index (χ3n) is 3.50. The number of aryl methyl sites for hydroxylation is 1. The minimum absolute atomic E-state index is 0.160. The molecule has 1 unspecified atom stereocenters. The summed E-state index contributed by atoms with van der Waals surface area (Å²) in [5.74, 6) is 0.160. The number of halogens is 1. The van der Waals surface area contributed by atoms with Crippen LogP contribution in [0.5, 0.6) is 0 Å². The Morgan fingerprint density at radius 2 is 2.18 bits per heavy atom. The van der Waals surface area contributed by atoms with Gasteiger partial charge in [-0.25, -0.2) is 0 Å². The van der Waals surface area contributed by atoms with Crippen molar-refractivity contribution in [3.05, 3.63) is 22.4 Å². The highest BCUT2D eigenvalue weighted by molar-refractivity contribution is 9.10. The molecule has 0 N–H and O–H groups in total. The van der Waals surface area contributed by atoms with Crippen molar-refractivity contribution < 1.29 is 4.79 Å². The molecule has 17 heavy (non-hydrogen) atoms. The van der Waals surface area contributed by atoms with Crippen molar-refractivity contribution in [2.45, 2.75) is 38.6 Å². The summed E-state index contributed by atoms with van der Waals surface area (Å²) >= 11 is 3.41. The predicted octanol–water partition coefficient (Wildman–Crippen LogP) is 3.19. The van der Waals surface area contributed by atoms with Gasteiger partial charge in [0, 0.05) is 30.3 Å². The molecule has 1 saturated heterocycles. The summed E-state index contributed by atoms with van der Waals surface area (Å²) in [6, 6.07) is 2.26. The lowest BCUT2D eigenvalue weighted by molar-refractivity contribution is 0.0688. The predicted molar refractivity (Wildman–Crippen MR) is 72.1 cm³/mol. The number of carbonyl (C=O) groups excluding carboxylic acids is 1. The lowest BCUT2D eigenvalue weighted by Gasteiger charge is -2.27. The van der Waals surface area contributed by atoms with Gasteiger partial charge < -0.3 is 9.47 Å². The van der Waals surface area contributed by atoms with E-state index in [1.807, 2.05) is 28.8 Å². The Morgan fingerprint density at radius 1 is 1.41 bits per heavy atom. The van der Waals surface area contributed by atoms with E-state index in [9.17, 15) is 4.79 Å². The second kappa shape index (κ2) is 5.25. The molecule has 3 nitrogen and oxygen atoms in total. The highest BCUT2D eigenvalue weighted by Gasteiger charge is 2.24. The fourth-order valence-corrected chi connectivity index (χ4v) is 2.98. The maximum absolute atomic E-state index is 12.5. The highest BCUT2D eigenvalue weighted by Crippen LogP contribution is 2.21. The van der Waals surface area contributed by atoms with E-state index in [0.29, 0.717) is 6.04 Å². The summed E-state index contributed by atoms with van der Waals surface area (Å²) in [5.41, 5.74) is 0.769. The van der Waals surface area contributed by atoms with E-state index in [4.69, 9.17) is 0 Å². The van der Waals surface area contributed by atoms with Gasteiger partial charge in [-0.15, -0.1) is 0 Å². The number of likely N-dealkylation sites (tertiary alicyclic amines) is 1. The van der Waals surface area contributed by atoms with Crippen LogP contribution in [0.2, 0.25) is 0 Å². The Labute approximate surface area is 111 Å². The minimum atomic E-state index is 0.160. The number of aromatic nitrogens is 1. The Bertz CT molecular complexity index is 414. The van der Waals surface area contributed by atoms with E-state index in [1.54, 1.807) is 0 Å². The van der Waals surface area contributed by atoms with Gasteiger partial charge in [0.1, 0.15) is 5.69 Å². The smallest absolute Gasteiger partial charge is 0.270 e. The fourth-order valence-electron chi connectivity index (χ4n) is 2.46. The molecule has 94 valence electrons. The highest BCUT2D eigenvalue weighted by atomic mass is 79.9. The monoisotopic (exact) mass is 298 g/mol. The SMILES string of the molecule is CC1CCCCCN1C(=O)c1cc(Br)cn1C. The van der Waals surface area contributed by atoms with Crippen molar-refractivity contribution in [2.24, 2.45) is 7.05 Å². The molecule has 0 radical (unpaired) electrons. The molecule has 2 rings (SSSR count). The Morgan fingerprint density at radius 3 is 2.82 bits per heavy atom. The van der Waals surface area contributed by atoms with Crippen LogP contribution >= 0.6 is 15.9 Å². The van der Waals surface area contributed by atoms with Crippen molar-refractivity contribution in [3.8, 4) is 0 Å². The first kappa shape index (κ1) is 12.7. The van der Waals surface area contributed by atoms with E-state index < -0.39 is 0 Å². The number of amides is 1. The second-order valence-electron chi connectivity index (χ2n) is 4.85. The van der Waals surface area contributed by atoms with Crippen LogP contribution in [-0.4, -0.2) is 28.0 Å². The first-order valence-electron chi connectivity index (χ1n) is 6.22. The molecule has 0 spiro atoms. The Balaban J connectivity index is 2.20. The van der Waals surface area contributed by atoms with E-state index in [-0.39, 0.29) is 5.91 Å². The molecule has 4 heteroatoms. The van der Waals surface area contributed by atoms with Gasteiger partial charge in [0.25, 0.3) is 5.91 Å². The summed E-state index contributed by atoms with van der Waals surface area (Å²) in [6.45, 7) is 3.05. The molecule has 1 atom stereocenters.